The molecule has 0 aliphatic carbocycles. The molecule has 0 amide bonds. The molecule has 0 aliphatic heterocycles. The van der Waals surface area contributed by atoms with Crippen molar-refractivity contribution >= 4 is 12.3 Å². The molecular weight excluding hydrogens is 169 g/mol. The van der Waals surface area contributed by atoms with Crippen molar-refractivity contribution in [2.75, 3.05) is 14.1 Å². The average molecular weight is 187 g/mol. The van der Waals surface area contributed by atoms with Crippen LogP contribution in [0.15, 0.2) is 43.0 Å². The predicted octanol–water partition coefficient (Wildman–Crippen LogP) is 2.02. The fourth-order valence-corrected chi connectivity index (χ4v) is 1.85. The predicted molar refractivity (Wildman–Crippen MR) is 65.1 cm³/mol. The van der Waals surface area contributed by atoms with Gasteiger partial charge in [0.05, 0.1) is 0 Å². The summed E-state index contributed by atoms with van der Waals surface area (Å²) in [5, 5.41) is 0. The van der Waals surface area contributed by atoms with Gasteiger partial charge in [-0.1, -0.05) is 48.8 Å². The Morgan fingerprint density at radius 3 is 2.29 bits per heavy atom. The molecule has 14 heavy (non-hydrogen) atoms. The molecule has 1 aromatic rings. The van der Waals surface area contributed by atoms with Crippen LogP contribution in [0.5, 0.6) is 0 Å². The lowest BCUT2D eigenvalue weighted by atomic mass is 9.46. The third-order valence-electron chi connectivity index (χ3n) is 2.57. The summed E-state index contributed by atoms with van der Waals surface area (Å²) in [7, 11) is 4.22. The van der Waals surface area contributed by atoms with Gasteiger partial charge in [-0.25, -0.2) is 0 Å². The zero-order chi connectivity index (χ0) is 10.6. The minimum Gasteiger partial charge on any atom is -0.343 e. The highest BCUT2D eigenvalue weighted by Gasteiger charge is 2.23. The van der Waals surface area contributed by atoms with E-state index in [2.05, 4.69) is 62.7 Å². The summed E-state index contributed by atoms with van der Waals surface area (Å²) < 4.78 is 0. The van der Waals surface area contributed by atoms with E-state index in [1.54, 1.807) is 0 Å². The quantitative estimate of drug-likeness (QED) is 0.514. The number of hydrogen-bond acceptors (Lipinski definition) is 1. The van der Waals surface area contributed by atoms with Crippen LogP contribution < -0.4 is 5.46 Å². The molecule has 0 heterocycles. The summed E-state index contributed by atoms with van der Waals surface area (Å²) in [6.45, 7) is 6.49. The van der Waals surface area contributed by atoms with E-state index in [4.69, 9.17) is 0 Å². The minimum absolute atomic E-state index is 0.425. The van der Waals surface area contributed by atoms with E-state index in [9.17, 15) is 0 Å². The lowest BCUT2D eigenvalue weighted by molar-refractivity contribution is 0.638. The van der Waals surface area contributed by atoms with Crippen LogP contribution in [0.4, 0.5) is 0 Å². The van der Waals surface area contributed by atoms with Gasteiger partial charge in [0.25, 0.3) is 6.85 Å². The van der Waals surface area contributed by atoms with Crippen LogP contribution in [0.2, 0.25) is 5.82 Å². The monoisotopic (exact) mass is 187 g/mol. The maximum Gasteiger partial charge on any atom is 0.264 e. The van der Waals surface area contributed by atoms with E-state index in [1.807, 2.05) is 6.08 Å². The highest BCUT2D eigenvalue weighted by molar-refractivity contribution is 6.72. The Kier molecular flexibility index (Phi) is 3.96. The molecule has 1 aromatic carbocycles. The van der Waals surface area contributed by atoms with Crippen LogP contribution in [-0.2, 0) is 0 Å². The van der Waals surface area contributed by atoms with Gasteiger partial charge in [-0.2, -0.15) is 0 Å². The minimum atomic E-state index is 0.425. The molecule has 1 atom stereocenters. The molecule has 0 aliphatic rings. The van der Waals surface area contributed by atoms with Crippen molar-refractivity contribution in [2.45, 2.75) is 12.7 Å². The van der Waals surface area contributed by atoms with Crippen LogP contribution in [0.25, 0.3) is 0 Å². The van der Waals surface area contributed by atoms with E-state index in [0.29, 0.717) is 12.7 Å². The fraction of sp³-hybridized carbons (Fsp3) is 0.333. The molecule has 1 nitrogen and oxygen atoms in total. The van der Waals surface area contributed by atoms with Crippen molar-refractivity contribution < 1.29 is 0 Å². The lowest BCUT2D eigenvalue weighted by Gasteiger charge is -2.24. The molecule has 0 saturated heterocycles. The Balaban J connectivity index is 2.94. The molecule has 2 heteroatoms. The van der Waals surface area contributed by atoms with Crippen molar-refractivity contribution in [3.8, 4) is 0 Å². The molecular formula is C12H18BN. The molecule has 0 bridgehead atoms. The number of benzene rings is 1. The van der Waals surface area contributed by atoms with E-state index < -0.39 is 0 Å². The van der Waals surface area contributed by atoms with Crippen LogP contribution >= 0.6 is 0 Å². The van der Waals surface area contributed by atoms with Gasteiger partial charge in [-0.3, -0.25) is 0 Å². The molecule has 1 rings (SSSR count). The second-order valence-corrected chi connectivity index (χ2v) is 3.91. The van der Waals surface area contributed by atoms with Crippen LogP contribution in [0, 0.1) is 0 Å². The number of rotatable bonds is 4. The van der Waals surface area contributed by atoms with Crippen LogP contribution in [-0.4, -0.2) is 25.8 Å². The van der Waals surface area contributed by atoms with Crippen molar-refractivity contribution in [2.24, 2.45) is 0 Å². The van der Waals surface area contributed by atoms with Gasteiger partial charge < -0.3 is 4.81 Å². The summed E-state index contributed by atoms with van der Waals surface area (Å²) >= 11 is 0. The number of nitrogens with zero attached hydrogens (tertiary/aromatic N) is 1. The second kappa shape index (κ2) is 5.01. The first kappa shape index (κ1) is 11.1. The Morgan fingerprint density at radius 1 is 1.29 bits per heavy atom. The van der Waals surface area contributed by atoms with Gasteiger partial charge in [0.1, 0.15) is 0 Å². The SMILES string of the molecule is C=CC(C)B(c1ccccc1)N(C)C. The Hall–Kier alpha value is -1.02. The first-order chi connectivity index (χ1) is 6.66. The molecule has 0 saturated carbocycles. The van der Waals surface area contributed by atoms with Gasteiger partial charge in [0.2, 0.25) is 0 Å². The Bertz CT molecular complexity index is 282. The largest absolute Gasteiger partial charge is 0.343 e. The summed E-state index contributed by atoms with van der Waals surface area (Å²) in [6.07, 6.45) is 2.01. The summed E-state index contributed by atoms with van der Waals surface area (Å²) in [4.78, 5) is 2.24. The maximum absolute atomic E-state index is 3.86. The van der Waals surface area contributed by atoms with Crippen molar-refractivity contribution in [1.29, 1.82) is 0 Å². The van der Waals surface area contributed by atoms with Gasteiger partial charge in [-0.05, 0) is 19.9 Å². The Labute approximate surface area is 87.5 Å². The highest BCUT2D eigenvalue weighted by atomic mass is 15.0. The summed E-state index contributed by atoms with van der Waals surface area (Å²) in [5.74, 6) is 0.465. The summed E-state index contributed by atoms with van der Waals surface area (Å²) in [6, 6.07) is 10.6. The Morgan fingerprint density at radius 2 is 1.86 bits per heavy atom. The highest BCUT2D eigenvalue weighted by Crippen LogP contribution is 2.11. The van der Waals surface area contributed by atoms with Crippen molar-refractivity contribution in [3.05, 3.63) is 43.0 Å². The zero-order valence-electron chi connectivity index (χ0n) is 9.27. The zero-order valence-corrected chi connectivity index (χ0v) is 9.27. The molecule has 0 radical (unpaired) electrons. The average Bonchev–Trinajstić information content (AvgIpc) is 2.19. The number of allylic oxidation sites excluding steroid dienone is 1. The van der Waals surface area contributed by atoms with Crippen LogP contribution in [0.3, 0.4) is 0 Å². The van der Waals surface area contributed by atoms with Gasteiger partial charge >= 0.3 is 0 Å². The van der Waals surface area contributed by atoms with Gasteiger partial charge in [0.15, 0.2) is 0 Å². The van der Waals surface area contributed by atoms with Crippen molar-refractivity contribution in [1.82, 2.24) is 4.81 Å². The second-order valence-electron chi connectivity index (χ2n) is 3.91. The summed E-state index contributed by atoms with van der Waals surface area (Å²) in [5.41, 5.74) is 1.35. The lowest BCUT2D eigenvalue weighted by Crippen LogP contribution is -2.46. The molecule has 74 valence electrons. The standard InChI is InChI=1S/C12H18BN/c1-5-11(2)13(14(3)4)12-9-7-6-8-10-12/h5-11H,1H2,2-4H3. The van der Waals surface area contributed by atoms with E-state index in [1.165, 1.54) is 5.46 Å². The van der Waals surface area contributed by atoms with Gasteiger partial charge in [-0.15, -0.1) is 6.58 Å². The topological polar surface area (TPSA) is 3.24 Å². The van der Waals surface area contributed by atoms with E-state index >= 15 is 0 Å². The number of hydrogen-bond donors (Lipinski definition) is 0. The van der Waals surface area contributed by atoms with E-state index in [0.717, 1.165) is 0 Å². The van der Waals surface area contributed by atoms with Crippen LogP contribution in [0.1, 0.15) is 6.92 Å². The molecule has 0 spiro atoms. The third-order valence-corrected chi connectivity index (χ3v) is 2.57. The molecule has 0 aromatic heterocycles. The third kappa shape index (κ3) is 2.49. The molecule has 0 fully saturated rings. The fourth-order valence-electron chi connectivity index (χ4n) is 1.85. The first-order valence-corrected chi connectivity index (χ1v) is 5.00. The molecule has 0 N–H and O–H groups in total. The normalized spacial score (nSPS) is 12.6. The van der Waals surface area contributed by atoms with E-state index in [-0.39, 0.29) is 0 Å². The maximum atomic E-state index is 3.86. The molecule has 1 unspecified atom stereocenters. The van der Waals surface area contributed by atoms with Crippen molar-refractivity contribution in [3.63, 3.8) is 0 Å². The van der Waals surface area contributed by atoms with Gasteiger partial charge in [0, 0.05) is 0 Å². The smallest absolute Gasteiger partial charge is 0.264 e. The first-order valence-electron chi connectivity index (χ1n) is 5.00.